The molecule has 2 amide bonds. The van der Waals surface area contributed by atoms with Crippen LogP contribution >= 0.6 is 0 Å². The number of ether oxygens (including phenoxy) is 2. The van der Waals surface area contributed by atoms with Crippen LogP contribution in [0.15, 0.2) is 18.2 Å². The molecule has 1 aromatic carbocycles. The molecule has 0 saturated heterocycles. The topological polar surface area (TPSA) is 76.7 Å². The molecule has 1 aliphatic rings. The first-order valence-electron chi connectivity index (χ1n) is 10.2. The van der Waals surface area contributed by atoms with Crippen molar-refractivity contribution >= 4 is 17.5 Å². The molecule has 6 nitrogen and oxygen atoms in total. The van der Waals surface area contributed by atoms with Gasteiger partial charge in [-0.05, 0) is 49.7 Å². The van der Waals surface area contributed by atoms with Crippen molar-refractivity contribution < 1.29 is 19.1 Å². The summed E-state index contributed by atoms with van der Waals surface area (Å²) in [4.78, 5) is 25.8. The molecule has 156 valence electrons. The first-order chi connectivity index (χ1) is 13.4. The zero-order valence-corrected chi connectivity index (χ0v) is 17.7. The Morgan fingerprint density at radius 1 is 1.14 bits per heavy atom. The number of hydrogen-bond acceptors (Lipinski definition) is 4. The Balaban J connectivity index is 2.10. The molecular weight excluding hydrogens is 356 g/mol. The van der Waals surface area contributed by atoms with Crippen LogP contribution in [0.3, 0.4) is 0 Å². The van der Waals surface area contributed by atoms with Crippen molar-refractivity contribution in [1.29, 1.82) is 0 Å². The molecule has 28 heavy (non-hydrogen) atoms. The Labute approximate surface area is 168 Å². The van der Waals surface area contributed by atoms with E-state index in [0.717, 1.165) is 32.1 Å². The third-order valence-electron chi connectivity index (χ3n) is 5.85. The highest BCUT2D eigenvalue weighted by atomic mass is 16.5. The summed E-state index contributed by atoms with van der Waals surface area (Å²) in [7, 11) is 3.12. The maximum Gasteiger partial charge on any atom is 0.247 e. The van der Waals surface area contributed by atoms with Gasteiger partial charge >= 0.3 is 0 Å². The van der Waals surface area contributed by atoms with Crippen LogP contribution in [-0.4, -0.2) is 32.1 Å². The third-order valence-corrected chi connectivity index (χ3v) is 5.85. The summed E-state index contributed by atoms with van der Waals surface area (Å²) >= 11 is 0. The minimum absolute atomic E-state index is 0.00551. The second-order valence-electron chi connectivity index (χ2n) is 7.88. The number of carbonyl (C=O) groups excluding carboxylic acids is 2. The average Bonchev–Trinajstić information content (AvgIpc) is 2.71. The van der Waals surface area contributed by atoms with Crippen LogP contribution in [0, 0.1) is 17.8 Å². The van der Waals surface area contributed by atoms with Crippen molar-refractivity contribution in [3.05, 3.63) is 18.2 Å². The van der Waals surface area contributed by atoms with Crippen molar-refractivity contribution in [2.24, 2.45) is 17.8 Å². The van der Waals surface area contributed by atoms with Crippen LogP contribution in [0.1, 0.15) is 52.9 Å². The molecule has 1 aliphatic carbocycles. The predicted octanol–water partition coefficient (Wildman–Crippen LogP) is 4.00. The van der Waals surface area contributed by atoms with E-state index in [-0.39, 0.29) is 23.7 Å². The zero-order chi connectivity index (χ0) is 20.7. The van der Waals surface area contributed by atoms with Crippen LogP contribution in [0.5, 0.6) is 11.5 Å². The molecule has 0 spiro atoms. The van der Waals surface area contributed by atoms with Crippen molar-refractivity contribution in [2.45, 2.75) is 58.9 Å². The van der Waals surface area contributed by atoms with Crippen LogP contribution in [0.4, 0.5) is 5.69 Å². The van der Waals surface area contributed by atoms with E-state index in [0.29, 0.717) is 23.1 Å². The Hall–Kier alpha value is -2.24. The molecule has 0 bridgehead atoms. The number of hydrogen-bond donors (Lipinski definition) is 2. The summed E-state index contributed by atoms with van der Waals surface area (Å²) in [6.45, 7) is 6.23. The lowest BCUT2D eigenvalue weighted by atomic mass is 9.82. The van der Waals surface area contributed by atoms with Gasteiger partial charge in [-0.3, -0.25) is 9.59 Å². The Kier molecular flexibility index (Phi) is 8.15. The van der Waals surface area contributed by atoms with Crippen LogP contribution in [0.2, 0.25) is 0 Å². The monoisotopic (exact) mass is 390 g/mol. The molecule has 1 saturated carbocycles. The van der Waals surface area contributed by atoms with E-state index in [2.05, 4.69) is 17.6 Å². The van der Waals surface area contributed by atoms with E-state index in [1.165, 1.54) is 0 Å². The Morgan fingerprint density at radius 3 is 2.39 bits per heavy atom. The number of benzene rings is 1. The molecule has 0 heterocycles. The Morgan fingerprint density at radius 2 is 1.82 bits per heavy atom. The molecular formula is C22H34N2O4. The number of amides is 2. The molecule has 1 aromatic rings. The van der Waals surface area contributed by atoms with Gasteiger partial charge in [0.1, 0.15) is 17.5 Å². The van der Waals surface area contributed by atoms with E-state index >= 15 is 0 Å². The number of nitrogens with one attached hydrogen (secondary N) is 2. The maximum absolute atomic E-state index is 13.0. The number of carbonyl (C=O) groups is 2. The number of anilines is 1. The smallest absolute Gasteiger partial charge is 0.247 e. The van der Waals surface area contributed by atoms with Crippen molar-refractivity contribution in [3.63, 3.8) is 0 Å². The highest BCUT2D eigenvalue weighted by Gasteiger charge is 2.31. The van der Waals surface area contributed by atoms with Gasteiger partial charge in [-0.1, -0.05) is 27.2 Å². The lowest BCUT2D eigenvalue weighted by Crippen LogP contribution is -2.49. The van der Waals surface area contributed by atoms with Gasteiger partial charge in [0.25, 0.3) is 0 Å². The van der Waals surface area contributed by atoms with Gasteiger partial charge in [-0.15, -0.1) is 0 Å². The molecule has 1 fully saturated rings. The number of rotatable bonds is 8. The van der Waals surface area contributed by atoms with Gasteiger partial charge in [0.05, 0.1) is 19.9 Å². The second kappa shape index (κ2) is 10.3. The van der Waals surface area contributed by atoms with Crippen LogP contribution < -0.4 is 20.1 Å². The minimum Gasteiger partial charge on any atom is -0.497 e. The van der Waals surface area contributed by atoms with E-state index in [1.54, 1.807) is 32.4 Å². The summed E-state index contributed by atoms with van der Waals surface area (Å²) in [5.74, 6) is 1.64. The highest BCUT2D eigenvalue weighted by molar-refractivity contribution is 5.98. The fraction of sp³-hybridized carbons (Fsp3) is 0.636. The van der Waals surface area contributed by atoms with Gasteiger partial charge in [-0.2, -0.15) is 0 Å². The summed E-state index contributed by atoms with van der Waals surface area (Å²) in [6, 6.07) is 4.64. The fourth-order valence-corrected chi connectivity index (χ4v) is 3.61. The summed E-state index contributed by atoms with van der Waals surface area (Å²) in [6.07, 6.45) is 4.73. The summed E-state index contributed by atoms with van der Waals surface area (Å²) in [5.41, 5.74) is 0.558. The van der Waals surface area contributed by atoms with Crippen molar-refractivity contribution in [3.8, 4) is 11.5 Å². The van der Waals surface area contributed by atoms with Gasteiger partial charge in [-0.25, -0.2) is 0 Å². The van der Waals surface area contributed by atoms with Gasteiger partial charge in [0, 0.05) is 12.0 Å². The Bertz CT molecular complexity index is 669. The van der Waals surface area contributed by atoms with Crippen molar-refractivity contribution in [1.82, 2.24) is 5.32 Å². The maximum atomic E-state index is 13.0. The van der Waals surface area contributed by atoms with E-state index in [1.807, 2.05) is 13.8 Å². The molecule has 2 atom stereocenters. The first kappa shape index (κ1) is 22.1. The summed E-state index contributed by atoms with van der Waals surface area (Å²) < 4.78 is 10.6. The molecule has 0 aliphatic heterocycles. The lowest BCUT2D eigenvalue weighted by molar-refractivity contribution is -0.131. The quantitative estimate of drug-likeness (QED) is 0.703. The second-order valence-corrected chi connectivity index (χ2v) is 7.88. The van der Waals surface area contributed by atoms with Gasteiger partial charge < -0.3 is 20.1 Å². The normalized spacial score (nSPS) is 21.3. The van der Waals surface area contributed by atoms with Crippen LogP contribution in [0.25, 0.3) is 0 Å². The molecule has 2 rings (SSSR count). The molecule has 2 N–H and O–H groups in total. The van der Waals surface area contributed by atoms with Gasteiger partial charge in [0.2, 0.25) is 11.8 Å². The molecule has 6 heteroatoms. The molecule has 0 unspecified atom stereocenters. The predicted molar refractivity (Wildman–Crippen MR) is 111 cm³/mol. The highest BCUT2D eigenvalue weighted by Crippen LogP contribution is 2.30. The standard InChI is InChI=1S/C22H34N2O4/c1-6-15(3)20(24-21(25)16-9-7-14(2)8-10-16)22(26)23-18-12-11-17(27-4)13-19(18)28-5/h11-16,20H,6-10H2,1-5H3,(H,23,26)(H,24,25)/t14?,15-,16?,20+/m1/s1. The van der Waals surface area contributed by atoms with E-state index in [4.69, 9.17) is 9.47 Å². The van der Waals surface area contributed by atoms with Crippen molar-refractivity contribution in [2.75, 3.05) is 19.5 Å². The molecule has 0 radical (unpaired) electrons. The summed E-state index contributed by atoms with van der Waals surface area (Å²) in [5, 5.41) is 5.93. The SMILES string of the molecule is CC[C@@H](C)[C@H](NC(=O)C1CCC(C)CC1)C(=O)Nc1ccc(OC)cc1OC. The van der Waals surface area contributed by atoms with E-state index in [9.17, 15) is 9.59 Å². The molecule has 0 aromatic heterocycles. The first-order valence-corrected chi connectivity index (χ1v) is 10.2. The minimum atomic E-state index is -0.580. The lowest BCUT2D eigenvalue weighted by Gasteiger charge is -2.29. The zero-order valence-electron chi connectivity index (χ0n) is 17.7. The average molecular weight is 391 g/mol. The van der Waals surface area contributed by atoms with Gasteiger partial charge in [0.15, 0.2) is 0 Å². The number of methoxy groups -OCH3 is 2. The van der Waals surface area contributed by atoms with E-state index < -0.39 is 6.04 Å². The largest absolute Gasteiger partial charge is 0.497 e. The third kappa shape index (κ3) is 5.63. The fourth-order valence-electron chi connectivity index (χ4n) is 3.61. The van der Waals surface area contributed by atoms with Crippen LogP contribution in [-0.2, 0) is 9.59 Å².